The van der Waals surface area contributed by atoms with Gasteiger partial charge in [0.15, 0.2) is 0 Å². The van der Waals surface area contributed by atoms with E-state index < -0.39 is 41.7 Å². The molecule has 42 heavy (non-hydrogen) atoms. The average Bonchev–Trinajstić information content (AvgIpc) is 3.07. The van der Waals surface area contributed by atoms with Gasteiger partial charge in [-0.05, 0) is 46.4 Å². The molecule has 0 spiro atoms. The first-order valence-electron chi connectivity index (χ1n) is 13.3. The van der Waals surface area contributed by atoms with Crippen LogP contribution in [0.4, 0.5) is 23.7 Å². The van der Waals surface area contributed by atoms with Crippen molar-refractivity contribution in [3.8, 4) is 11.1 Å². The maximum atomic E-state index is 13.8. The molecule has 1 aliphatic rings. The van der Waals surface area contributed by atoms with Crippen molar-refractivity contribution in [2.45, 2.75) is 50.1 Å². The molecule has 2 atom stereocenters. The van der Waals surface area contributed by atoms with Crippen molar-refractivity contribution in [1.29, 1.82) is 0 Å². The van der Waals surface area contributed by atoms with E-state index in [4.69, 9.17) is 11.5 Å². The molecule has 1 heterocycles. The molecule has 4 rings (SSSR count). The second-order valence-corrected chi connectivity index (χ2v) is 11.4. The number of halogens is 3. The van der Waals surface area contributed by atoms with E-state index in [2.05, 4.69) is 10.6 Å². The Morgan fingerprint density at radius 3 is 2.40 bits per heavy atom. The summed E-state index contributed by atoms with van der Waals surface area (Å²) in [6.45, 7) is 3.87. The minimum atomic E-state index is -4.55. The predicted molar refractivity (Wildman–Crippen MR) is 156 cm³/mol. The van der Waals surface area contributed by atoms with Crippen molar-refractivity contribution in [2.75, 3.05) is 10.7 Å². The largest absolute Gasteiger partial charge is 0.416 e. The van der Waals surface area contributed by atoms with Crippen molar-refractivity contribution >= 4 is 35.3 Å². The van der Waals surface area contributed by atoms with Crippen LogP contribution in [0.1, 0.15) is 30.5 Å². The van der Waals surface area contributed by atoms with Crippen LogP contribution >= 0.6 is 11.8 Å². The molecule has 1 unspecified atom stereocenters. The van der Waals surface area contributed by atoms with E-state index in [9.17, 15) is 27.6 Å². The lowest BCUT2D eigenvalue weighted by atomic mass is 9.98. The van der Waals surface area contributed by atoms with Gasteiger partial charge in [-0.2, -0.15) is 13.2 Å². The number of amides is 4. The summed E-state index contributed by atoms with van der Waals surface area (Å²) in [5.41, 5.74) is 14.0. The third kappa shape index (κ3) is 7.24. The molecule has 0 bridgehead atoms. The van der Waals surface area contributed by atoms with Crippen LogP contribution in [0.3, 0.4) is 0 Å². The molecule has 12 heteroatoms. The number of alkyl halides is 3. The molecular weight excluding hydrogens is 567 g/mol. The second kappa shape index (κ2) is 12.9. The molecule has 4 amide bonds. The summed E-state index contributed by atoms with van der Waals surface area (Å²) >= 11 is 1.08. The minimum absolute atomic E-state index is 0.0509. The van der Waals surface area contributed by atoms with E-state index in [1.165, 1.54) is 11.0 Å². The van der Waals surface area contributed by atoms with Gasteiger partial charge in [-0.1, -0.05) is 62.4 Å². The second-order valence-electron chi connectivity index (χ2n) is 10.3. The summed E-state index contributed by atoms with van der Waals surface area (Å²) in [4.78, 5) is 39.4. The van der Waals surface area contributed by atoms with Gasteiger partial charge in [-0.25, -0.2) is 4.79 Å². The average molecular weight is 600 g/mol. The van der Waals surface area contributed by atoms with Gasteiger partial charge in [-0.15, -0.1) is 11.8 Å². The van der Waals surface area contributed by atoms with Crippen molar-refractivity contribution in [3.63, 3.8) is 0 Å². The van der Waals surface area contributed by atoms with E-state index in [0.717, 1.165) is 46.1 Å². The Balaban J connectivity index is 1.65. The van der Waals surface area contributed by atoms with E-state index in [-0.39, 0.29) is 29.7 Å². The Kier molecular flexibility index (Phi) is 9.47. The summed E-state index contributed by atoms with van der Waals surface area (Å²) < 4.78 is 40.5. The number of anilines is 1. The smallest absolute Gasteiger partial charge is 0.352 e. The van der Waals surface area contributed by atoms with Crippen LogP contribution in [0.25, 0.3) is 11.1 Å². The van der Waals surface area contributed by atoms with Crippen LogP contribution < -0.4 is 27.0 Å². The van der Waals surface area contributed by atoms with Crippen LogP contribution in [0.15, 0.2) is 71.6 Å². The minimum Gasteiger partial charge on any atom is -0.352 e. The van der Waals surface area contributed by atoms with Gasteiger partial charge in [0.25, 0.3) is 5.91 Å². The van der Waals surface area contributed by atoms with Crippen LogP contribution in [0.2, 0.25) is 0 Å². The van der Waals surface area contributed by atoms with Crippen molar-refractivity contribution in [3.05, 3.63) is 83.4 Å². The maximum Gasteiger partial charge on any atom is 0.416 e. The number of carbonyl (C=O) groups is 3. The fourth-order valence-corrected chi connectivity index (χ4v) is 5.64. The first-order chi connectivity index (χ1) is 19.8. The van der Waals surface area contributed by atoms with Crippen molar-refractivity contribution < 1.29 is 27.6 Å². The Morgan fingerprint density at radius 1 is 1.07 bits per heavy atom. The van der Waals surface area contributed by atoms with Crippen LogP contribution in [0, 0.1) is 5.92 Å². The van der Waals surface area contributed by atoms with Crippen molar-refractivity contribution in [2.24, 2.45) is 17.4 Å². The number of nitrogens with zero attached hydrogens (tertiary/aromatic N) is 1. The lowest BCUT2D eigenvalue weighted by molar-refractivity contribution is -0.137. The number of primary amides is 1. The van der Waals surface area contributed by atoms with Gasteiger partial charge in [0.05, 0.1) is 23.8 Å². The molecule has 0 aliphatic carbocycles. The summed E-state index contributed by atoms with van der Waals surface area (Å²) in [6, 6.07) is 15.7. The zero-order chi connectivity index (χ0) is 30.6. The standard InChI is InChI=1S/C30H32F3N5O3S/c1-17(2)26(34)27(39)37-23-16-42-25-13-21(30(31,32)33)11-12-24(25)38(28(23)40)15-18-7-9-19(10-8-18)22-6-4-3-5-20(22)14-36-29(35)41/h3-13,17,23,26H,14-16,34H2,1-2H3,(H,37,39)(H3,35,36,41)/t23-,26?/m1/s1. The summed E-state index contributed by atoms with van der Waals surface area (Å²) in [6.07, 6.45) is -4.55. The molecule has 0 aromatic heterocycles. The lowest BCUT2D eigenvalue weighted by Crippen LogP contribution is -2.54. The Hall–Kier alpha value is -4.03. The maximum absolute atomic E-state index is 13.8. The highest BCUT2D eigenvalue weighted by molar-refractivity contribution is 7.99. The van der Waals surface area contributed by atoms with Gasteiger partial charge in [0.2, 0.25) is 5.91 Å². The predicted octanol–water partition coefficient (Wildman–Crippen LogP) is 4.65. The number of fused-ring (bicyclic) bond motifs is 1. The SMILES string of the molecule is CC(C)C(N)C(=O)N[C@@H]1CSc2cc(C(F)(F)F)ccc2N(Cc2ccc(-c3ccccc3CNC(N)=O)cc2)C1=O. The summed E-state index contributed by atoms with van der Waals surface area (Å²) in [5, 5.41) is 5.29. The lowest BCUT2D eigenvalue weighted by Gasteiger charge is -2.27. The van der Waals surface area contributed by atoms with Crippen LogP contribution in [-0.2, 0) is 28.9 Å². The van der Waals surface area contributed by atoms with Gasteiger partial charge in [0, 0.05) is 17.2 Å². The molecule has 6 N–H and O–H groups in total. The third-order valence-electron chi connectivity index (χ3n) is 6.96. The Bertz CT molecular complexity index is 1460. The molecule has 0 saturated carbocycles. The summed E-state index contributed by atoms with van der Waals surface area (Å²) in [5.74, 6) is -1.07. The molecule has 0 saturated heterocycles. The van der Waals surface area contributed by atoms with Crippen LogP contribution in [0.5, 0.6) is 0 Å². The Labute approximate surface area is 246 Å². The highest BCUT2D eigenvalue weighted by Crippen LogP contribution is 2.40. The molecule has 3 aromatic rings. The van der Waals surface area contributed by atoms with Gasteiger partial charge < -0.3 is 27.0 Å². The number of hydrogen-bond donors (Lipinski definition) is 4. The fourth-order valence-electron chi connectivity index (χ4n) is 4.53. The van der Waals surface area contributed by atoms with E-state index in [0.29, 0.717) is 5.69 Å². The highest BCUT2D eigenvalue weighted by atomic mass is 32.2. The van der Waals surface area contributed by atoms with Gasteiger partial charge in [-0.3, -0.25) is 9.59 Å². The Morgan fingerprint density at radius 2 is 1.76 bits per heavy atom. The van der Waals surface area contributed by atoms with Gasteiger partial charge >= 0.3 is 12.2 Å². The van der Waals surface area contributed by atoms with E-state index in [1.807, 2.05) is 48.5 Å². The molecule has 8 nitrogen and oxygen atoms in total. The van der Waals surface area contributed by atoms with Crippen molar-refractivity contribution in [1.82, 2.24) is 10.6 Å². The molecule has 3 aromatic carbocycles. The van der Waals surface area contributed by atoms with E-state index in [1.54, 1.807) is 13.8 Å². The zero-order valence-corrected chi connectivity index (χ0v) is 23.9. The van der Waals surface area contributed by atoms with E-state index >= 15 is 0 Å². The number of nitrogens with two attached hydrogens (primary N) is 2. The molecular formula is C30H32F3N5O3S. The topological polar surface area (TPSA) is 131 Å². The third-order valence-corrected chi connectivity index (χ3v) is 8.10. The fraction of sp³-hybridized carbons (Fsp3) is 0.300. The number of carbonyl (C=O) groups excluding carboxylic acids is 3. The molecule has 222 valence electrons. The molecule has 1 aliphatic heterocycles. The normalized spacial score (nSPS) is 16.0. The number of hydrogen-bond acceptors (Lipinski definition) is 5. The zero-order valence-electron chi connectivity index (χ0n) is 23.1. The molecule has 0 radical (unpaired) electrons. The highest BCUT2D eigenvalue weighted by Gasteiger charge is 2.36. The number of thioether (sulfide) groups is 1. The van der Waals surface area contributed by atoms with Crippen LogP contribution in [-0.4, -0.2) is 35.7 Å². The number of rotatable bonds is 8. The monoisotopic (exact) mass is 599 g/mol. The number of urea groups is 1. The molecule has 0 fully saturated rings. The quantitative estimate of drug-likeness (QED) is 0.300. The first kappa shape index (κ1) is 30.9. The number of nitrogens with one attached hydrogen (secondary N) is 2. The number of benzene rings is 3. The van der Waals surface area contributed by atoms with Gasteiger partial charge in [0.1, 0.15) is 6.04 Å². The summed E-state index contributed by atoms with van der Waals surface area (Å²) in [7, 11) is 0. The first-order valence-corrected chi connectivity index (χ1v) is 14.3.